The first-order valence-corrected chi connectivity index (χ1v) is 11.2. The summed E-state index contributed by atoms with van der Waals surface area (Å²) in [5, 5.41) is 3.59. The lowest BCUT2D eigenvalue weighted by atomic mass is 9.97. The Morgan fingerprint density at radius 1 is 1.13 bits per heavy atom. The molecule has 3 rings (SSSR count). The number of benzene rings is 2. The second-order valence-corrected chi connectivity index (χ2v) is 9.26. The van der Waals surface area contributed by atoms with E-state index in [9.17, 15) is 13.2 Å². The second kappa shape index (κ2) is 8.85. The van der Waals surface area contributed by atoms with E-state index in [1.54, 1.807) is 62.5 Å². The van der Waals surface area contributed by atoms with Crippen LogP contribution in [0.25, 0.3) is 11.1 Å². The van der Waals surface area contributed by atoms with Crippen molar-refractivity contribution in [2.45, 2.75) is 18.7 Å². The number of nitrogens with zero attached hydrogens (tertiary/aromatic N) is 1. The summed E-state index contributed by atoms with van der Waals surface area (Å²) in [5.74, 6) is -0.0534. The molecule has 0 radical (unpaired) electrons. The van der Waals surface area contributed by atoms with Gasteiger partial charge in [0.05, 0.1) is 28.3 Å². The predicted octanol–water partition coefficient (Wildman–Crippen LogP) is 5.03. The molecule has 8 heteroatoms. The topological polar surface area (TPSA) is 85.4 Å². The smallest absolute Gasteiger partial charge is 0.338 e. The third kappa shape index (κ3) is 4.47. The van der Waals surface area contributed by atoms with Crippen LogP contribution in [0.15, 0.2) is 59.6 Å². The molecule has 0 aliphatic heterocycles. The van der Waals surface area contributed by atoms with Crippen molar-refractivity contribution in [1.29, 1.82) is 0 Å². The van der Waals surface area contributed by atoms with Crippen molar-refractivity contribution in [2.75, 3.05) is 18.2 Å². The maximum absolute atomic E-state index is 12.4. The van der Waals surface area contributed by atoms with Gasteiger partial charge in [-0.3, -0.25) is 0 Å². The van der Waals surface area contributed by atoms with Gasteiger partial charge in [0.1, 0.15) is 5.82 Å². The van der Waals surface area contributed by atoms with Crippen LogP contribution in [0, 0.1) is 6.92 Å². The van der Waals surface area contributed by atoms with Crippen molar-refractivity contribution < 1.29 is 17.9 Å². The van der Waals surface area contributed by atoms with Gasteiger partial charge in [0.2, 0.25) is 0 Å². The zero-order chi connectivity index (χ0) is 21.9. The van der Waals surface area contributed by atoms with Gasteiger partial charge in [-0.15, -0.1) is 0 Å². The summed E-state index contributed by atoms with van der Waals surface area (Å²) in [7, 11) is -2.06. The first kappa shape index (κ1) is 21.8. The van der Waals surface area contributed by atoms with Crippen molar-refractivity contribution in [2.24, 2.45) is 0 Å². The number of methoxy groups -OCH3 is 1. The van der Waals surface area contributed by atoms with Gasteiger partial charge in [0.25, 0.3) is 0 Å². The predicted molar refractivity (Wildman–Crippen MR) is 118 cm³/mol. The van der Waals surface area contributed by atoms with E-state index in [1.165, 1.54) is 7.11 Å². The van der Waals surface area contributed by atoms with Crippen LogP contribution in [-0.4, -0.2) is 32.2 Å². The number of sulfone groups is 1. The standard InChI is InChI=1S/C22H21ClN2O4S/c1-4-30(27,28)17-8-5-7-15(11-17)16-12-18(22(26)29-3)14(2)20(13-16)25-21-19(23)9-6-10-24-21/h5-13H,4H2,1-3H3,(H,24,25). The molecule has 0 aliphatic rings. The number of hydrogen-bond acceptors (Lipinski definition) is 6. The summed E-state index contributed by atoms with van der Waals surface area (Å²) in [5.41, 5.74) is 2.93. The van der Waals surface area contributed by atoms with Crippen LogP contribution in [-0.2, 0) is 14.6 Å². The van der Waals surface area contributed by atoms with Crippen molar-refractivity contribution in [1.82, 2.24) is 4.98 Å². The number of carbonyl (C=O) groups excluding carboxylic acids is 1. The van der Waals surface area contributed by atoms with Gasteiger partial charge < -0.3 is 10.1 Å². The molecule has 1 aromatic heterocycles. The summed E-state index contributed by atoms with van der Waals surface area (Å²) >= 11 is 6.22. The highest BCUT2D eigenvalue weighted by molar-refractivity contribution is 7.91. The Hall–Kier alpha value is -2.90. The number of ether oxygens (including phenoxy) is 1. The number of esters is 1. The third-order valence-electron chi connectivity index (χ3n) is 4.73. The second-order valence-electron chi connectivity index (χ2n) is 6.58. The van der Waals surface area contributed by atoms with Crippen LogP contribution >= 0.6 is 11.6 Å². The molecule has 1 heterocycles. The Bertz CT molecular complexity index is 1210. The van der Waals surface area contributed by atoms with Gasteiger partial charge >= 0.3 is 5.97 Å². The molecule has 0 amide bonds. The first-order valence-electron chi connectivity index (χ1n) is 9.20. The summed E-state index contributed by atoms with van der Waals surface area (Å²) < 4.78 is 29.5. The van der Waals surface area contributed by atoms with Crippen molar-refractivity contribution in [3.63, 3.8) is 0 Å². The summed E-state index contributed by atoms with van der Waals surface area (Å²) in [6, 6.07) is 13.6. The molecule has 30 heavy (non-hydrogen) atoms. The van der Waals surface area contributed by atoms with Crippen molar-refractivity contribution >= 4 is 38.9 Å². The Kier molecular flexibility index (Phi) is 6.43. The molecule has 6 nitrogen and oxygen atoms in total. The molecule has 0 spiro atoms. The molecule has 3 aromatic rings. The molecule has 156 valence electrons. The number of carbonyl (C=O) groups is 1. The molecular formula is C22H21ClN2O4S. The van der Waals surface area contributed by atoms with E-state index in [0.717, 1.165) is 0 Å². The SMILES string of the molecule is CCS(=O)(=O)c1cccc(-c2cc(Nc3ncccc3Cl)c(C)c(C(=O)OC)c2)c1. The Morgan fingerprint density at radius 3 is 2.57 bits per heavy atom. The highest BCUT2D eigenvalue weighted by atomic mass is 35.5. The number of pyridine rings is 1. The third-order valence-corrected chi connectivity index (χ3v) is 6.77. The van der Waals surface area contributed by atoms with Gasteiger partial charge in [-0.05, 0) is 60.0 Å². The highest BCUT2D eigenvalue weighted by Gasteiger charge is 2.18. The van der Waals surface area contributed by atoms with Gasteiger partial charge in [0, 0.05) is 11.9 Å². The summed E-state index contributed by atoms with van der Waals surface area (Å²) in [6.07, 6.45) is 1.60. The van der Waals surface area contributed by atoms with Crippen LogP contribution < -0.4 is 5.32 Å². The van der Waals surface area contributed by atoms with E-state index in [0.29, 0.717) is 38.8 Å². The van der Waals surface area contributed by atoms with Gasteiger partial charge in [0.15, 0.2) is 9.84 Å². The summed E-state index contributed by atoms with van der Waals surface area (Å²) in [6.45, 7) is 3.38. The maximum atomic E-state index is 12.4. The first-order chi connectivity index (χ1) is 14.3. The van der Waals surface area contributed by atoms with E-state index >= 15 is 0 Å². The minimum absolute atomic E-state index is 0.00272. The molecule has 0 saturated carbocycles. The number of anilines is 2. The normalized spacial score (nSPS) is 11.2. The maximum Gasteiger partial charge on any atom is 0.338 e. The molecule has 2 aromatic carbocycles. The average Bonchev–Trinajstić information content (AvgIpc) is 2.76. The van der Waals surface area contributed by atoms with Crippen molar-refractivity contribution in [3.05, 3.63) is 70.9 Å². The molecule has 0 atom stereocenters. The van der Waals surface area contributed by atoms with Gasteiger partial charge in [-0.25, -0.2) is 18.2 Å². The number of rotatable bonds is 6. The number of hydrogen-bond donors (Lipinski definition) is 1. The number of aromatic nitrogens is 1. The van der Waals surface area contributed by atoms with Crippen LogP contribution in [0.5, 0.6) is 0 Å². The molecule has 0 saturated heterocycles. The quantitative estimate of drug-likeness (QED) is 0.536. The monoisotopic (exact) mass is 444 g/mol. The Morgan fingerprint density at radius 2 is 1.90 bits per heavy atom. The molecule has 0 bridgehead atoms. The van der Waals surface area contributed by atoms with E-state index in [1.807, 2.05) is 6.07 Å². The lowest BCUT2D eigenvalue weighted by Gasteiger charge is -2.16. The van der Waals surface area contributed by atoms with E-state index in [-0.39, 0.29) is 10.6 Å². The minimum atomic E-state index is -3.37. The van der Waals surface area contributed by atoms with Gasteiger partial charge in [-0.2, -0.15) is 0 Å². The van der Waals surface area contributed by atoms with E-state index < -0.39 is 15.8 Å². The molecule has 0 aliphatic carbocycles. The molecule has 1 N–H and O–H groups in total. The fraction of sp³-hybridized carbons (Fsp3) is 0.182. The van der Waals surface area contributed by atoms with Crippen molar-refractivity contribution in [3.8, 4) is 11.1 Å². The number of halogens is 1. The molecule has 0 unspecified atom stereocenters. The lowest BCUT2D eigenvalue weighted by molar-refractivity contribution is 0.0600. The zero-order valence-electron chi connectivity index (χ0n) is 16.8. The minimum Gasteiger partial charge on any atom is -0.465 e. The Labute approximate surface area is 180 Å². The summed E-state index contributed by atoms with van der Waals surface area (Å²) in [4.78, 5) is 16.8. The lowest BCUT2D eigenvalue weighted by Crippen LogP contribution is -2.07. The van der Waals surface area contributed by atoms with E-state index in [2.05, 4.69) is 10.3 Å². The average molecular weight is 445 g/mol. The van der Waals surface area contributed by atoms with Crippen LogP contribution in [0.1, 0.15) is 22.8 Å². The van der Waals surface area contributed by atoms with Crippen LogP contribution in [0.3, 0.4) is 0 Å². The largest absolute Gasteiger partial charge is 0.465 e. The van der Waals surface area contributed by atoms with Crippen LogP contribution in [0.4, 0.5) is 11.5 Å². The van der Waals surface area contributed by atoms with Gasteiger partial charge in [-0.1, -0.05) is 30.7 Å². The fourth-order valence-corrected chi connectivity index (χ4v) is 4.07. The van der Waals surface area contributed by atoms with Crippen LogP contribution in [0.2, 0.25) is 5.02 Å². The molecule has 0 fully saturated rings. The number of nitrogens with one attached hydrogen (secondary N) is 1. The zero-order valence-corrected chi connectivity index (χ0v) is 18.3. The Balaban J connectivity index is 2.17. The fourth-order valence-electron chi connectivity index (χ4n) is 2.97. The molecular weight excluding hydrogens is 424 g/mol. The highest BCUT2D eigenvalue weighted by Crippen LogP contribution is 2.33. The van der Waals surface area contributed by atoms with E-state index in [4.69, 9.17) is 16.3 Å².